The summed E-state index contributed by atoms with van der Waals surface area (Å²) in [6, 6.07) is 7.13. The van der Waals surface area contributed by atoms with Gasteiger partial charge in [0.25, 0.3) is 0 Å². The summed E-state index contributed by atoms with van der Waals surface area (Å²) in [5.74, 6) is 0.285. The average molecular weight is 605 g/mol. The first kappa shape index (κ1) is 28.5. The number of hydrogen-bond acceptors (Lipinski definition) is 11. The molecule has 13 heteroatoms. The monoisotopic (exact) mass is 604 g/mol. The van der Waals surface area contributed by atoms with Crippen molar-refractivity contribution in [1.82, 2.24) is 24.9 Å². The normalized spacial score (nSPS) is 16.2. The van der Waals surface area contributed by atoms with Crippen LogP contribution in [0.25, 0.3) is 31.8 Å². The molecular formula is C30H29FN6O5S. The van der Waals surface area contributed by atoms with Gasteiger partial charge in [-0.25, -0.2) is 34.1 Å². The zero-order valence-electron chi connectivity index (χ0n) is 24.0. The molecule has 0 aliphatic heterocycles. The molecule has 6 rings (SSSR count). The first-order valence-corrected chi connectivity index (χ1v) is 14.6. The number of carbonyl (C=O) groups excluding carboxylic acids is 1. The number of fused-ring (bicyclic) bond motifs is 2. The van der Waals surface area contributed by atoms with E-state index >= 15 is 4.39 Å². The summed E-state index contributed by atoms with van der Waals surface area (Å²) in [6.07, 6.45) is 3.96. The van der Waals surface area contributed by atoms with Crippen molar-refractivity contribution in [2.45, 2.75) is 45.8 Å². The van der Waals surface area contributed by atoms with Gasteiger partial charge in [-0.05, 0) is 43.4 Å². The number of ether oxygens (including phenoxy) is 4. The van der Waals surface area contributed by atoms with E-state index in [1.807, 2.05) is 32.9 Å². The van der Waals surface area contributed by atoms with Gasteiger partial charge in [-0.3, -0.25) is 5.32 Å². The number of aromatic nitrogens is 5. The highest BCUT2D eigenvalue weighted by Crippen LogP contribution is 2.38. The lowest BCUT2D eigenvalue weighted by atomic mass is 9.92. The average Bonchev–Trinajstić information content (AvgIpc) is 3.39. The SMILES string of the molecule is COc1cnc2c(-c3nc4cc(F)c(O[C@@H]5CC[C@@H]5OC(=O)Nc5cnc(OCC(C)C)nc5)cc4s3)cc(C)cc2n1. The van der Waals surface area contributed by atoms with E-state index in [2.05, 4.69) is 30.2 Å². The predicted octanol–water partition coefficient (Wildman–Crippen LogP) is 6.35. The minimum absolute atomic E-state index is 0.0745. The van der Waals surface area contributed by atoms with Crippen molar-refractivity contribution < 1.29 is 28.1 Å². The van der Waals surface area contributed by atoms with Crippen molar-refractivity contribution in [2.24, 2.45) is 5.92 Å². The first-order valence-electron chi connectivity index (χ1n) is 13.8. The smallest absolute Gasteiger partial charge is 0.412 e. The largest absolute Gasteiger partial charge is 0.483 e. The molecule has 1 amide bonds. The van der Waals surface area contributed by atoms with Crippen LogP contribution in [0.1, 0.15) is 32.3 Å². The number of methoxy groups -OCH3 is 1. The molecule has 2 aromatic carbocycles. The molecule has 0 saturated heterocycles. The maximum atomic E-state index is 15.1. The van der Waals surface area contributed by atoms with Gasteiger partial charge in [0.2, 0.25) is 5.88 Å². The zero-order chi connectivity index (χ0) is 30.1. The second-order valence-electron chi connectivity index (χ2n) is 10.6. The number of anilines is 1. The molecule has 1 aliphatic rings. The minimum atomic E-state index is -0.674. The van der Waals surface area contributed by atoms with Gasteiger partial charge < -0.3 is 18.9 Å². The van der Waals surface area contributed by atoms with E-state index in [0.29, 0.717) is 58.5 Å². The van der Waals surface area contributed by atoms with Crippen LogP contribution in [0.5, 0.6) is 17.6 Å². The Labute approximate surface area is 250 Å². The summed E-state index contributed by atoms with van der Waals surface area (Å²) in [4.78, 5) is 34.3. The third kappa shape index (κ3) is 6.26. The second kappa shape index (κ2) is 11.9. The number of amides is 1. The Kier molecular flexibility index (Phi) is 7.89. The molecule has 5 aromatic rings. The number of aryl methyl sites for hydroxylation is 1. The quantitative estimate of drug-likeness (QED) is 0.203. The second-order valence-corrected chi connectivity index (χ2v) is 11.7. The first-order chi connectivity index (χ1) is 20.7. The maximum absolute atomic E-state index is 15.1. The fourth-order valence-electron chi connectivity index (χ4n) is 4.50. The number of nitrogens with one attached hydrogen (secondary N) is 1. The molecule has 3 heterocycles. The topological polar surface area (TPSA) is 130 Å². The Balaban J connectivity index is 1.13. The highest BCUT2D eigenvalue weighted by Gasteiger charge is 2.37. The number of thiazole rings is 1. The van der Waals surface area contributed by atoms with Crippen LogP contribution >= 0.6 is 11.3 Å². The van der Waals surface area contributed by atoms with E-state index in [0.717, 1.165) is 15.8 Å². The molecule has 1 fully saturated rings. The molecule has 1 saturated carbocycles. The highest BCUT2D eigenvalue weighted by atomic mass is 32.1. The van der Waals surface area contributed by atoms with E-state index in [1.54, 1.807) is 19.4 Å². The van der Waals surface area contributed by atoms with Gasteiger partial charge in [-0.1, -0.05) is 13.8 Å². The van der Waals surface area contributed by atoms with Gasteiger partial charge in [0.15, 0.2) is 11.6 Å². The van der Waals surface area contributed by atoms with Crippen molar-refractivity contribution in [3.8, 4) is 28.2 Å². The van der Waals surface area contributed by atoms with Gasteiger partial charge in [0.05, 0.1) is 59.2 Å². The summed E-state index contributed by atoms with van der Waals surface area (Å²) in [6.45, 7) is 6.50. The van der Waals surface area contributed by atoms with E-state index in [1.165, 1.54) is 29.8 Å². The van der Waals surface area contributed by atoms with Crippen LogP contribution in [0.15, 0.2) is 42.9 Å². The molecule has 0 spiro atoms. The minimum Gasteiger partial charge on any atom is -0.483 e. The van der Waals surface area contributed by atoms with Crippen LogP contribution in [-0.4, -0.2) is 56.9 Å². The number of nitrogens with zero attached hydrogens (tertiary/aromatic N) is 5. The van der Waals surface area contributed by atoms with E-state index < -0.39 is 24.1 Å². The molecule has 1 aliphatic carbocycles. The fourth-order valence-corrected chi connectivity index (χ4v) is 5.49. The molecule has 0 radical (unpaired) electrons. The Morgan fingerprint density at radius 2 is 1.84 bits per heavy atom. The fraction of sp³-hybridized carbons (Fsp3) is 0.333. The van der Waals surface area contributed by atoms with Crippen molar-refractivity contribution in [3.05, 3.63) is 54.2 Å². The molecule has 222 valence electrons. The number of halogens is 1. The van der Waals surface area contributed by atoms with Crippen LogP contribution in [-0.2, 0) is 4.74 Å². The summed E-state index contributed by atoms with van der Waals surface area (Å²) in [5, 5.41) is 3.28. The third-order valence-electron chi connectivity index (χ3n) is 6.76. The number of carbonyl (C=O) groups is 1. The molecular weight excluding hydrogens is 575 g/mol. The number of rotatable bonds is 9. The number of benzene rings is 2. The summed E-state index contributed by atoms with van der Waals surface area (Å²) in [7, 11) is 1.54. The van der Waals surface area contributed by atoms with Crippen molar-refractivity contribution in [2.75, 3.05) is 19.0 Å². The molecule has 0 bridgehead atoms. The molecule has 3 aromatic heterocycles. The molecule has 1 N–H and O–H groups in total. The van der Waals surface area contributed by atoms with Gasteiger partial charge in [-0.2, -0.15) is 0 Å². The maximum Gasteiger partial charge on any atom is 0.412 e. The molecule has 0 unspecified atom stereocenters. The van der Waals surface area contributed by atoms with Crippen molar-refractivity contribution >= 4 is 44.4 Å². The van der Waals surface area contributed by atoms with Gasteiger partial charge in [0, 0.05) is 17.7 Å². The Morgan fingerprint density at radius 1 is 1.05 bits per heavy atom. The summed E-state index contributed by atoms with van der Waals surface area (Å²) >= 11 is 1.40. The molecule has 11 nitrogen and oxygen atoms in total. The van der Waals surface area contributed by atoms with Gasteiger partial charge in [-0.15, -0.1) is 11.3 Å². The Bertz CT molecular complexity index is 1800. The summed E-state index contributed by atoms with van der Waals surface area (Å²) in [5.41, 5.74) is 4.02. The van der Waals surface area contributed by atoms with Crippen LogP contribution < -0.4 is 19.5 Å². The van der Waals surface area contributed by atoms with Gasteiger partial charge >= 0.3 is 12.1 Å². The predicted molar refractivity (Wildman–Crippen MR) is 159 cm³/mol. The Morgan fingerprint density at radius 3 is 2.56 bits per heavy atom. The molecule has 2 atom stereocenters. The van der Waals surface area contributed by atoms with Crippen LogP contribution in [0.4, 0.5) is 14.9 Å². The standard InChI is InChI=1S/C30H29FN6O5S/c1-15(2)14-40-29-33-11-17(12-34-29)35-30(38)42-23-6-5-22(23)41-24-10-25-20(9-19(24)31)37-28(43-25)18-7-16(3)8-21-27(18)32-13-26(36-21)39-4/h7-13,15,22-23H,5-6,14H2,1-4H3,(H,35,38)/t22-,23+/m1/s1. The van der Waals surface area contributed by atoms with E-state index in [9.17, 15) is 4.79 Å². The zero-order valence-corrected chi connectivity index (χ0v) is 24.8. The lowest BCUT2D eigenvalue weighted by Crippen LogP contribution is -2.45. The van der Waals surface area contributed by atoms with Crippen molar-refractivity contribution in [1.29, 1.82) is 0 Å². The Hall–Kier alpha value is -4.65. The van der Waals surface area contributed by atoms with Crippen molar-refractivity contribution in [3.63, 3.8) is 0 Å². The van der Waals surface area contributed by atoms with E-state index in [4.69, 9.17) is 18.9 Å². The third-order valence-corrected chi connectivity index (χ3v) is 7.81. The summed E-state index contributed by atoms with van der Waals surface area (Å²) < 4.78 is 38.0. The van der Waals surface area contributed by atoms with E-state index in [-0.39, 0.29) is 11.8 Å². The molecule has 43 heavy (non-hydrogen) atoms. The van der Waals surface area contributed by atoms with Crippen LogP contribution in [0.3, 0.4) is 0 Å². The lowest BCUT2D eigenvalue weighted by molar-refractivity contribution is -0.0431. The van der Waals surface area contributed by atoms with Crippen LogP contribution in [0, 0.1) is 18.7 Å². The lowest BCUT2D eigenvalue weighted by Gasteiger charge is -2.35. The van der Waals surface area contributed by atoms with Crippen LogP contribution in [0.2, 0.25) is 0 Å². The van der Waals surface area contributed by atoms with Gasteiger partial charge in [0.1, 0.15) is 17.2 Å². The highest BCUT2D eigenvalue weighted by molar-refractivity contribution is 7.21. The number of hydrogen-bond donors (Lipinski definition) is 1.